The summed E-state index contributed by atoms with van der Waals surface area (Å²) in [7, 11) is 0. The highest BCUT2D eigenvalue weighted by molar-refractivity contribution is 5.70. The Morgan fingerprint density at radius 1 is 1.18 bits per heavy atom. The van der Waals surface area contributed by atoms with Gasteiger partial charge in [0.05, 0.1) is 19.6 Å². The van der Waals surface area contributed by atoms with Crippen LogP contribution < -0.4 is 10.1 Å². The van der Waals surface area contributed by atoms with Crippen molar-refractivity contribution in [2.24, 2.45) is 5.41 Å². The Labute approximate surface area is 167 Å². The summed E-state index contributed by atoms with van der Waals surface area (Å²) in [5, 5.41) is 3.27. The van der Waals surface area contributed by atoms with E-state index < -0.39 is 0 Å². The highest BCUT2D eigenvalue weighted by Gasteiger charge is 2.39. The van der Waals surface area contributed by atoms with E-state index in [1.807, 2.05) is 37.3 Å². The van der Waals surface area contributed by atoms with Crippen molar-refractivity contribution in [1.82, 2.24) is 4.98 Å². The number of carbonyl (C=O) groups is 1. The number of hydrogen-bond acceptors (Lipinski definition) is 5. The minimum absolute atomic E-state index is 0.0681. The molecule has 2 aromatic rings. The zero-order valence-corrected chi connectivity index (χ0v) is 16.7. The third-order valence-electron chi connectivity index (χ3n) is 5.30. The Bertz CT molecular complexity index is 727. The average Bonchev–Trinajstić information content (AvgIpc) is 2.68. The van der Waals surface area contributed by atoms with Crippen LogP contribution in [-0.4, -0.2) is 30.7 Å². The minimum atomic E-state index is -0.0681. The number of nitrogens with one attached hydrogen (secondary N) is 1. The largest absolute Gasteiger partial charge is 0.494 e. The molecule has 0 spiro atoms. The molecule has 0 bridgehead atoms. The highest BCUT2D eigenvalue weighted by Crippen LogP contribution is 2.46. The first-order chi connectivity index (χ1) is 13.7. The summed E-state index contributed by atoms with van der Waals surface area (Å²) in [6.07, 6.45) is 7.55. The molecular formula is C23H30N2O3. The summed E-state index contributed by atoms with van der Waals surface area (Å²) in [6.45, 7) is 3.80. The number of rotatable bonds is 11. The summed E-state index contributed by atoms with van der Waals surface area (Å²) in [5.41, 5.74) is 1.35. The second-order valence-electron chi connectivity index (χ2n) is 7.50. The Balaban J connectivity index is 1.40. The molecule has 5 nitrogen and oxygen atoms in total. The third kappa shape index (κ3) is 5.98. The van der Waals surface area contributed by atoms with Gasteiger partial charge in [-0.1, -0.05) is 24.6 Å². The molecule has 1 N–H and O–H groups in total. The van der Waals surface area contributed by atoms with Crippen LogP contribution in [0.4, 0.5) is 5.82 Å². The van der Waals surface area contributed by atoms with Crippen LogP contribution in [0.25, 0.3) is 0 Å². The summed E-state index contributed by atoms with van der Waals surface area (Å²) < 4.78 is 11.0. The molecule has 1 aliphatic carbocycles. The molecule has 1 fully saturated rings. The molecule has 0 saturated heterocycles. The van der Waals surface area contributed by atoms with Gasteiger partial charge in [-0.05, 0) is 67.9 Å². The van der Waals surface area contributed by atoms with Crippen LogP contribution in [0.5, 0.6) is 5.75 Å². The number of hydrogen-bond donors (Lipinski definition) is 1. The molecule has 1 aliphatic rings. The van der Waals surface area contributed by atoms with E-state index in [0.717, 1.165) is 43.8 Å². The molecule has 1 saturated carbocycles. The topological polar surface area (TPSA) is 60.5 Å². The van der Waals surface area contributed by atoms with Crippen molar-refractivity contribution in [2.75, 3.05) is 25.1 Å². The monoisotopic (exact) mass is 382 g/mol. The maximum Gasteiger partial charge on any atom is 0.306 e. The Kier molecular flexibility index (Phi) is 7.29. The van der Waals surface area contributed by atoms with Gasteiger partial charge < -0.3 is 14.8 Å². The van der Waals surface area contributed by atoms with Gasteiger partial charge in [-0.15, -0.1) is 0 Å². The van der Waals surface area contributed by atoms with Gasteiger partial charge in [-0.2, -0.15) is 0 Å². The lowest BCUT2D eigenvalue weighted by Crippen LogP contribution is -2.34. The summed E-state index contributed by atoms with van der Waals surface area (Å²) in [6, 6.07) is 14.1. The first kappa shape index (κ1) is 20.2. The summed E-state index contributed by atoms with van der Waals surface area (Å²) >= 11 is 0. The van der Waals surface area contributed by atoms with E-state index in [1.165, 1.54) is 12.0 Å². The maximum absolute atomic E-state index is 11.9. The van der Waals surface area contributed by atoms with E-state index in [9.17, 15) is 4.79 Å². The second-order valence-corrected chi connectivity index (χ2v) is 7.50. The van der Waals surface area contributed by atoms with Gasteiger partial charge in [-0.25, -0.2) is 4.98 Å². The van der Waals surface area contributed by atoms with Gasteiger partial charge in [0.15, 0.2) is 0 Å². The zero-order valence-electron chi connectivity index (χ0n) is 16.7. The van der Waals surface area contributed by atoms with Crippen molar-refractivity contribution < 1.29 is 14.3 Å². The fourth-order valence-corrected chi connectivity index (χ4v) is 3.69. The molecule has 1 heterocycles. The molecule has 1 aromatic carbocycles. The smallest absolute Gasteiger partial charge is 0.306 e. The van der Waals surface area contributed by atoms with Crippen LogP contribution >= 0.6 is 0 Å². The molecule has 3 rings (SSSR count). The number of nitrogens with zero attached hydrogens (tertiary/aromatic N) is 1. The van der Waals surface area contributed by atoms with E-state index in [1.54, 1.807) is 6.20 Å². The molecule has 0 atom stereocenters. The molecule has 150 valence electrons. The van der Waals surface area contributed by atoms with Crippen molar-refractivity contribution in [3.63, 3.8) is 0 Å². The molecule has 28 heavy (non-hydrogen) atoms. The standard InChI is InChI=1S/C23H30N2O3/c1-2-27-22(26)18-23(12-5-13-23)17-19-8-10-20(11-9-19)28-16-6-15-25-21-7-3-4-14-24-21/h3-4,7-11,14H,2,5-6,12-13,15-18H2,1H3,(H,24,25). The lowest BCUT2D eigenvalue weighted by atomic mass is 9.63. The number of aromatic nitrogens is 1. The van der Waals surface area contributed by atoms with Crippen molar-refractivity contribution >= 4 is 11.8 Å². The molecule has 0 aliphatic heterocycles. The molecule has 0 unspecified atom stereocenters. The lowest BCUT2D eigenvalue weighted by Gasteiger charge is -2.41. The quantitative estimate of drug-likeness (QED) is 0.454. The van der Waals surface area contributed by atoms with E-state index >= 15 is 0 Å². The van der Waals surface area contributed by atoms with Gasteiger partial charge >= 0.3 is 5.97 Å². The number of anilines is 1. The fraction of sp³-hybridized carbons (Fsp3) is 0.478. The van der Waals surface area contributed by atoms with E-state index in [0.29, 0.717) is 19.6 Å². The van der Waals surface area contributed by atoms with Crippen LogP contribution in [-0.2, 0) is 16.0 Å². The van der Waals surface area contributed by atoms with Crippen LogP contribution in [0, 0.1) is 5.41 Å². The molecule has 0 amide bonds. The van der Waals surface area contributed by atoms with E-state index in [2.05, 4.69) is 22.4 Å². The van der Waals surface area contributed by atoms with Crippen molar-refractivity contribution in [1.29, 1.82) is 0 Å². The maximum atomic E-state index is 11.9. The van der Waals surface area contributed by atoms with Crippen LogP contribution in [0.3, 0.4) is 0 Å². The number of carbonyl (C=O) groups excluding carboxylic acids is 1. The third-order valence-corrected chi connectivity index (χ3v) is 5.30. The van der Waals surface area contributed by atoms with E-state index in [4.69, 9.17) is 9.47 Å². The Hall–Kier alpha value is -2.56. The van der Waals surface area contributed by atoms with Gasteiger partial charge in [0.1, 0.15) is 11.6 Å². The van der Waals surface area contributed by atoms with Crippen molar-refractivity contribution in [3.05, 3.63) is 54.2 Å². The Morgan fingerprint density at radius 3 is 2.64 bits per heavy atom. The normalized spacial score (nSPS) is 14.8. The average molecular weight is 383 g/mol. The van der Waals surface area contributed by atoms with Crippen LogP contribution in [0.15, 0.2) is 48.7 Å². The predicted molar refractivity (Wildman–Crippen MR) is 111 cm³/mol. The van der Waals surface area contributed by atoms with Gasteiger partial charge in [-0.3, -0.25) is 4.79 Å². The molecule has 1 aromatic heterocycles. The van der Waals surface area contributed by atoms with Gasteiger partial charge in [0.2, 0.25) is 0 Å². The SMILES string of the molecule is CCOC(=O)CC1(Cc2ccc(OCCCNc3ccccn3)cc2)CCC1. The summed E-state index contributed by atoms with van der Waals surface area (Å²) in [4.78, 5) is 16.1. The van der Waals surface area contributed by atoms with Crippen LogP contribution in [0.1, 0.15) is 44.6 Å². The first-order valence-corrected chi connectivity index (χ1v) is 10.2. The number of ether oxygens (including phenoxy) is 2. The van der Waals surface area contributed by atoms with Crippen molar-refractivity contribution in [3.8, 4) is 5.75 Å². The Morgan fingerprint density at radius 2 is 2.00 bits per heavy atom. The summed E-state index contributed by atoms with van der Waals surface area (Å²) in [5.74, 6) is 1.70. The van der Waals surface area contributed by atoms with E-state index in [-0.39, 0.29) is 11.4 Å². The minimum Gasteiger partial charge on any atom is -0.494 e. The number of pyridine rings is 1. The fourth-order valence-electron chi connectivity index (χ4n) is 3.69. The first-order valence-electron chi connectivity index (χ1n) is 10.2. The van der Waals surface area contributed by atoms with Crippen LogP contribution in [0.2, 0.25) is 0 Å². The predicted octanol–water partition coefficient (Wildman–Crippen LogP) is 4.63. The molecule has 5 heteroatoms. The molecular weight excluding hydrogens is 352 g/mol. The second kappa shape index (κ2) is 10.1. The number of esters is 1. The highest BCUT2D eigenvalue weighted by atomic mass is 16.5. The lowest BCUT2D eigenvalue weighted by molar-refractivity contribution is -0.147. The van der Waals surface area contributed by atoms with Gasteiger partial charge in [0, 0.05) is 12.7 Å². The zero-order chi connectivity index (χ0) is 19.7. The molecule has 0 radical (unpaired) electrons. The van der Waals surface area contributed by atoms with Crippen molar-refractivity contribution in [2.45, 2.75) is 45.4 Å². The van der Waals surface area contributed by atoms with Gasteiger partial charge in [0.25, 0.3) is 0 Å². The number of benzene rings is 1.